The van der Waals surface area contributed by atoms with E-state index in [0.717, 1.165) is 11.1 Å². The van der Waals surface area contributed by atoms with E-state index < -0.39 is 0 Å². The summed E-state index contributed by atoms with van der Waals surface area (Å²) in [6.45, 7) is 2.64. The van der Waals surface area contributed by atoms with Crippen molar-refractivity contribution in [2.45, 2.75) is 25.9 Å². The van der Waals surface area contributed by atoms with Crippen LogP contribution in [0.1, 0.15) is 29.2 Å². The Morgan fingerprint density at radius 1 is 1.00 bits per heavy atom. The zero-order valence-electron chi connectivity index (χ0n) is 13.9. The molecule has 0 radical (unpaired) electrons. The summed E-state index contributed by atoms with van der Waals surface area (Å²) >= 11 is 0. The van der Waals surface area contributed by atoms with E-state index in [1.807, 2.05) is 60.9 Å². The number of rotatable bonds is 6. The molecule has 1 N–H and O–H groups in total. The Bertz CT molecular complexity index is 779. The summed E-state index contributed by atoms with van der Waals surface area (Å²) in [5, 5.41) is 3.02. The lowest BCUT2D eigenvalue weighted by Crippen LogP contribution is -2.26. The van der Waals surface area contributed by atoms with E-state index in [1.165, 1.54) is 5.56 Å². The maximum atomic E-state index is 12.5. The molecule has 1 atom stereocenters. The van der Waals surface area contributed by atoms with Crippen molar-refractivity contribution in [1.82, 2.24) is 9.88 Å². The van der Waals surface area contributed by atoms with E-state index in [-0.39, 0.29) is 11.9 Å². The Morgan fingerprint density at radius 2 is 1.75 bits per heavy atom. The molecule has 0 spiro atoms. The lowest BCUT2D eigenvalue weighted by Gasteiger charge is -2.20. The molecule has 24 heavy (non-hydrogen) atoms. The Labute approximate surface area is 143 Å². The zero-order valence-corrected chi connectivity index (χ0v) is 13.9. The van der Waals surface area contributed by atoms with Gasteiger partial charge in [-0.05, 0) is 30.2 Å². The summed E-state index contributed by atoms with van der Waals surface area (Å²) in [6.07, 6.45) is 4.44. The van der Waals surface area contributed by atoms with E-state index in [1.54, 1.807) is 0 Å². The smallest absolute Gasteiger partial charge is 0.222 e. The van der Waals surface area contributed by atoms with Crippen LogP contribution in [0.4, 0.5) is 0 Å². The van der Waals surface area contributed by atoms with E-state index in [4.69, 9.17) is 0 Å². The van der Waals surface area contributed by atoms with Crippen LogP contribution in [0, 0.1) is 6.92 Å². The van der Waals surface area contributed by atoms with Gasteiger partial charge in [0.1, 0.15) is 0 Å². The van der Waals surface area contributed by atoms with Crippen molar-refractivity contribution in [3.63, 3.8) is 0 Å². The van der Waals surface area contributed by atoms with Gasteiger partial charge < -0.3 is 9.88 Å². The quantitative estimate of drug-likeness (QED) is 0.729. The van der Waals surface area contributed by atoms with Crippen LogP contribution in [0.15, 0.2) is 79.1 Å². The summed E-state index contributed by atoms with van der Waals surface area (Å²) in [4.78, 5) is 12.5. The fourth-order valence-electron chi connectivity index (χ4n) is 2.87. The molecule has 0 fully saturated rings. The van der Waals surface area contributed by atoms with Gasteiger partial charge in [0.2, 0.25) is 5.91 Å². The molecule has 1 heterocycles. The zero-order chi connectivity index (χ0) is 16.8. The molecule has 2 aromatic carbocycles. The van der Waals surface area contributed by atoms with Gasteiger partial charge in [0, 0.05) is 18.9 Å². The molecule has 0 saturated carbocycles. The monoisotopic (exact) mass is 318 g/mol. The van der Waals surface area contributed by atoms with Crippen molar-refractivity contribution >= 4 is 5.91 Å². The summed E-state index contributed by atoms with van der Waals surface area (Å²) < 4.78 is 2.09. The molecule has 3 heteroatoms. The summed E-state index contributed by atoms with van der Waals surface area (Å²) in [7, 11) is 0. The Balaban J connectivity index is 1.71. The molecular weight excluding hydrogens is 296 g/mol. The first-order valence-corrected chi connectivity index (χ1v) is 8.22. The maximum absolute atomic E-state index is 12.5. The van der Waals surface area contributed by atoms with Crippen LogP contribution < -0.4 is 5.32 Å². The van der Waals surface area contributed by atoms with Crippen LogP contribution in [0.2, 0.25) is 0 Å². The predicted molar refractivity (Wildman–Crippen MR) is 96.7 cm³/mol. The van der Waals surface area contributed by atoms with Crippen LogP contribution in [-0.4, -0.2) is 10.5 Å². The largest absolute Gasteiger partial charge is 0.352 e. The minimum atomic E-state index is 0.00988. The van der Waals surface area contributed by atoms with Gasteiger partial charge in [-0.15, -0.1) is 0 Å². The first-order valence-electron chi connectivity index (χ1n) is 8.22. The van der Waals surface area contributed by atoms with Crippen molar-refractivity contribution in [3.8, 4) is 0 Å². The number of nitrogens with zero attached hydrogens (tertiary/aromatic N) is 1. The van der Waals surface area contributed by atoms with Gasteiger partial charge in [-0.2, -0.15) is 0 Å². The summed E-state index contributed by atoms with van der Waals surface area (Å²) in [5.74, 6) is 0.0547. The molecule has 0 aliphatic carbocycles. The van der Waals surface area contributed by atoms with Crippen molar-refractivity contribution in [2.75, 3.05) is 0 Å². The van der Waals surface area contributed by atoms with E-state index in [2.05, 4.69) is 35.0 Å². The third-order valence-corrected chi connectivity index (χ3v) is 4.13. The van der Waals surface area contributed by atoms with Crippen LogP contribution in [-0.2, 0) is 11.3 Å². The van der Waals surface area contributed by atoms with E-state index in [9.17, 15) is 4.79 Å². The van der Waals surface area contributed by atoms with Crippen molar-refractivity contribution < 1.29 is 4.79 Å². The van der Waals surface area contributed by atoms with Crippen molar-refractivity contribution in [3.05, 3.63) is 95.8 Å². The van der Waals surface area contributed by atoms with Gasteiger partial charge in [0.25, 0.3) is 0 Å². The minimum Gasteiger partial charge on any atom is -0.352 e. The molecule has 122 valence electrons. The maximum Gasteiger partial charge on any atom is 0.222 e. The van der Waals surface area contributed by atoms with Gasteiger partial charge in [-0.3, -0.25) is 4.79 Å². The standard InChI is InChI=1S/C21H22N2O/c1-17-8-7-11-19(14-17)20(23-12-5-6-13-23)15-21(24)22-16-18-9-3-2-4-10-18/h2-14,20H,15-16H2,1H3,(H,22,24)/t20-/m0/s1. The lowest BCUT2D eigenvalue weighted by atomic mass is 10.0. The number of hydrogen-bond donors (Lipinski definition) is 1. The van der Waals surface area contributed by atoms with Gasteiger partial charge in [0.05, 0.1) is 12.5 Å². The molecule has 0 aliphatic rings. The van der Waals surface area contributed by atoms with Gasteiger partial charge in [-0.1, -0.05) is 60.2 Å². The number of benzene rings is 2. The average molecular weight is 318 g/mol. The third kappa shape index (κ3) is 4.13. The first-order chi connectivity index (χ1) is 11.7. The van der Waals surface area contributed by atoms with Crippen LogP contribution in [0.3, 0.4) is 0 Å². The Kier molecular flexibility index (Phi) is 5.12. The fraction of sp³-hybridized carbons (Fsp3) is 0.190. The van der Waals surface area contributed by atoms with E-state index in [0.29, 0.717) is 13.0 Å². The number of carbonyl (C=O) groups excluding carboxylic acids is 1. The Hall–Kier alpha value is -2.81. The fourth-order valence-corrected chi connectivity index (χ4v) is 2.87. The molecule has 0 unspecified atom stereocenters. The highest BCUT2D eigenvalue weighted by molar-refractivity contribution is 5.76. The third-order valence-electron chi connectivity index (χ3n) is 4.13. The van der Waals surface area contributed by atoms with Crippen molar-refractivity contribution in [2.24, 2.45) is 0 Å². The topological polar surface area (TPSA) is 34.0 Å². The highest BCUT2D eigenvalue weighted by Crippen LogP contribution is 2.23. The second kappa shape index (κ2) is 7.64. The SMILES string of the molecule is Cc1cccc([C@H](CC(=O)NCc2ccccc2)n2cccc2)c1. The molecule has 3 aromatic rings. The number of aryl methyl sites for hydroxylation is 1. The number of carbonyl (C=O) groups is 1. The second-order valence-electron chi connectivity index (χ2n) is 6.03. The molecule has 1 amide bonds. The van der Waals surface area contributed by atoms with Gasteiger partial charge in [-0.25, -0.2) is 0 Å². The molecular formula is C21H22N2O. The van der Waals surface area contributed by atoms with Gasteiger partial charge >= 0.3 is 0 Å². The highest BCUT2D eigenvalue weighted by Gasteiger charge is 2.17. The van der Waals surface area contributed by atoms with Crippen molar-refractivity contribution in [1.29, 1.82) is 0 Å². The number of amides is 1. The normalized spacial score (nSPS) is 11.9. The number of aromatic nitrogens is 1. The molecule has 3 rings (SSSR count). The average Bonchev–Trinajstić information content (AvgIpc) is 3.13. The summed E-state index contributed by atoms with van der Waals surface area (Å²) in [5.41, 5.74) is 3.47. The number of hydrogen-bond acceptors (Lipinski definition) is 1. The molecule has 0 saturated heterocycles. The molecule has 1 aromatic heterocycles. The molecule has 0 aliphatic heterocycles. The lowest BCUT2D eigenvalue weighted by molar-refractivity contribution is -0.121. The predicted octanol–water partition coefficient (Wildman–Crippen LogP) is 4.09. The highest BCUT2D eigenvalue weighted by atomic mass is 16.1. The second-order valence-corrected chi connectivity index (χ2v) is 6.03. The van der Waals surface area contributed by atoms with Crippen LogP contribution in [0.25, 0.3) is 0 Å². The van der Waals surface area contributed by atoms with Crippen LogP contribution >= 0.6 is 0 Å². The summed E-state index contributed by atoms with van der Waals surface area (Å²) in [6, 6.07) is 22.3. The Morgan fingerprint density at radius 3 is 2.46 bits per heavy atom. The number of nitrogens with one attached hydrogen (secondary N) is 1. The van der Waals surface area contributed by atoms with Crippen LogP contribution in [0.5, 0.6) is 0 Å². The molecule has 0 bridgehead atoms. The molecule has 3 nitrogen and oxygen atoms in total. The first kappa shape index (κ1) is 16.1. The minimum absolute atomic E-state index is 0.00988. The van der Waals surface area contributed by atoms with E-state index >= 15 is 0 Å². The van der Waals surface area contributed by atoms with Gasteiger partial charge in [0.15, 0.2) is 0 Å².